The molecule has 2 atom stereocenters. The number of esters is 2. The summed E-state index contributed by atoms with van der Waals surface area (Å²) >= 11 is 0. The molecule has 314 valence electrons. The minimum Gasteiger partial charge on any atom is -0.462 e. The molecule has 10 nitrogen and oxygen atoms in total. The van der Waals surface area contributed by atoms with Gasteiger partial charge in [-0.25, -0.2) is 0 Å². The zero-order chi connectivity index (χ0) is 39.1. The fourth-order valence-corrected chi connectivity index (χ4v) is 7.14. The van der Waals surface area contributed by atoms with Crippen LogP contribution in [0.15, 0.2) is 0 Å². The third-order valence-corrected chi connectivity index (χ3v) is 11.0. The Bertz CT molecular complexity index is 849. The van der Waals surface area contributed by atoms with E-state index in [9.17, 15) is 19.3 Å². The molecule has 0 saturated carbocycles. The number of rotatable bonds is 41. The lowest BCUT2D eigenvalue weighted by atomic mass is 10.0. The van der Waals surface area contributed by atoms with E-state index in [2.05, 4.69) is 19.2 Å². The molecule has 2 N–H and O–H groups in total. The molecule has 0 saturated heterocycles. The molecular formula is C42H83NO9P+. The summed E-state index contributed by atoms with van der Waals surface area (Å²) in [7, 11) is -2.49. The Balaban J connectivity index is 4.52. The number of unbranched alkanes of at least 4 members (excludes halogenated alkanes) is 24. The number of carbonyl (C=O) groups is 3. The molecule has 1 amide bonds. The third kappa shape index (κ3) is 36.1. The molecule has 0 bridgehead atoms. The van der Waals surface area contributed by atoms with Crippen LogP contribution in [0.3, 0.4) is 0 Å². The van der Waals surface area contributed by atoms with Crippen LogP contribution in [0, 0.1) is 0 Å². The number of hydrogen-bond donors (Lipinski definition) is 2. The van der Waals surface area contributed by atoms with E-state index >= 15 is 0 Å². The Hall–Kier alpha value is -1.32. The smallest absolute Gasteiger partial charge is 0.462 e. The lowest BCUT2D eigenvalue weighted by Crippen LogP contribution is -2.30. The zero-order valence-electron chi connectivity index (χ0n) is 34.8. The van der Waals surface area contributed by atoms with Crippen molar-refractivity contribution in [2.24, 2.45) is 0 Å². The summed E-state index contributed by atoms with van der Waals surface area (Å²) in [5.74, 6) is -0.845. The van der Waals surface area contributed by atoms with Crippen LogP contribution in [0.25, 0.3) is 0 Å². The maximum Gasteiger partial charge on any atom is 0.572 e. The molecule has 0 aliphatic rings. The second-order valence-electron chi connectivity index (χ2n) is 14.7. The van der Waals surface area contributed by atoms with Crippen LogP contribution in [-0.4, -0.2) is 62.3 Å². The molecular weight excluding hydrogens is 693 g/mol. The Morgan fingerprint density at radius 1 is 0.528 bits per heavy atom. The average molecular weight is 777 g/mol. The molecule has 0 aromatic heterocycles. The predicted molar refractivity (Wildman–Crippen MR) is 217 cm³/mol. The van der Waals surface area contributed by atoms with Crippen LogP contribution in [0.4, 0.5) is 0 Å². The van der Waals surface area contributed by atoms with Crippen molar-refractivity contribution in [1.29, 1.82) is 0 Å². The minimum atomic E-state index is -3.75. The highest BCUT2D eigenvalue weighted by Crippen LogP contribution is 2.57. The van der Waals surface area contributed by atoms with Crippen molar-refractivity contribution in [3.63, 3.8) is 0 Å². The fourth-order valence-electron chi connectivity index (χ4n) is 6.18. The van der Waals surface area contributed by atoms with Gasteiger partial charge in [-0.15, -0.1) is 4.52 Å². The normalized spacial score (nSPS) is 13.1. The van der Waals surface area contributed by atoms with Crippen molar-refractivity contribution in [3.8, 4) is 0 Å². The Morgan fingerprint density at radius 3 is 1.36 bits per heavy atom. The highest BCUT2D eigenvalue weighted by molar-refractivity contribution is 7.55. The number of nitrogens with one attached hydrogen (secondary N) is 1. The van der Waals surface area contributed by atoms with Gasteiger partial charge in [-0.2, -0.15) is 13.9 Å². The molecule has 2 unspecified atom stereocenters. The molecule has 0 aliphatic carbocycles. The highest BCUT2D eigenvalue weighted by Gasteiger charge is 2.44. The van der Waals surface area contributed by atoms with Gasteiger partial charge in [0, 0.05) is 25.8 Å². The predicted octanol–water partition coefficient (Wildman–Crippen LogP) is 11.7. The number of carbonyl (C=O) groups excluding carboxylic acids is 3. The van der Waals surface area contributed by atoms with Gasteiger partial charge in [-0.3, -0.25) is 14.4 Å². The maximum absolute atomic E-state index is 12.8. The summed E-state index contributed by atoms with van der Waals surface area (Å²) in [6.07, 6.45) is 32.6. The first-order chi connectivity index (χ1) is 25.8. The number of hydrogen-bond acceptors (Lipinski definition) is 9. The summed E-state index contributed by atoms with van der Waals surface area (Å²) in [6.45, 7) is 6.13. The first kappa shape index (κ1) is 51.7. The van der Waals surface area contributed by atoms with Gasteiger partial charge in [0.15, 0.2) is 6.10 Å². The molecule has 0 heterocycles. The van der Waals surface area contributed by atoms with Crippen LogP contribution >= 0.6 is 8.17 Å². The van der Waals surface area contributed by atoms with Crippen molar-refractivity contribution < 1.29 is 42.3 Å². The first-order valence-electron chi connectivity index (χ1n) is 21.9. The molecule has 53 heavy (non-hydrogen) atoms. The summed E-state index contributed by atoms with van der Waals surface area (Å²) in [4.78, 5) is 47.8. The summed E-state index contributed by atoms with van der Waals surface area (Å²) in [6, 6.07) is 0. The quantitative estimate of drug-likeness (QED) is 0.0354. The van der Waals surface area contributed by atoms with Crippen LogP contribution in [0.2, 0.25) is 0 Å². The van der Waals surface area contributed by atoms with Crippen LogP contribution in [-0.2, 0) is 37.4 Å². The molecule has 11 heteroatoms. The topological polar surface area (TPSA) is 130 Å². The standard InChI is InChI=1S/C42H82NO9P/c1-5-8-10-12-14-16-18-20-22-24-26-28-30-33-41(45)49-37-39(38-51-53(47,48-4)50-36-35-43-40(44)32-7-3)52-42(46)34-31-29-27-25-23-21-19-17-15-13-11-9-6-2/h39,47H,5-38H2,1-4H3/p+1. The first-order valence-corrected chi connectivity index (χ1v) is 23.4. The Labute approximate surface area is 326 Å². The largest absolute Gasteiger partial charge is 0.572 e. The second kappa shape index (κ2) is 38.9. The average Bonchev–Trinajstić information content (AvgIpc) is 3.15. The van der Waals surface area contributed by atoms with E-state index in [0.717, 1.165) is 44.9 Å². The van der Waals surface area contributed by atoms with Crippen LogP contribution < -0.4 is 5.32 Å². The molecule has 0 spiro atoms. The van der Waals surface area contributed by atoms with Gasteiger partial charge in [0.1, 0.15) is 19.8 Å². The Morgan fingerprint density at radius 2 is 0.943 bits per heavy atom. The highest BCUT2D eigenvalue weighted by atomic mass is 31.2. The van der Waals surface area contributed by atoms with Gasteiger partial charge in [0.25, 0.3) is 0 Å². The van der Waals surface area contributed by atoms with Gasteiger partial charge >= 0.3 is 20.1 Å². The van der Waals surface area contributed by atoms with E-state index in [1.807, 2.05) is 6.92 Å². The van der Waals surface area contributed by atoms with Gasteiger partial charge in [-0.05, 0) is 19.3 Å². The summed E-state index contributed by atoms with van der Waals surface area (Å²) in [5.41, 5.74) is 0. The van der Waals surface area contributed by atoms with Crippen LogP contribution in [0.5, 0.6) is 0 Å². The van der Waals surface area contributed by atoms with E-state index in [1.54, 1.807) is 0 Å². The maximum atomic E-state index is 12.8. The molecule has 0 rings (SSSR count). The summed E-state index contributed by atoms with van der Waals surface area (Å²) in [5, 5.41) is 2.70. The van der Waals surface area contributed by atoms with E-state index in [-0.39, 0.29) is 44.7 Å². The van der Waals surface area contributed by atoms with Crippen molar-refractivity contribution in [3.05, 3.63) is 0 Å². The molecule has 0 aromatic rings. The Kier molecular flexibility index (Phi) is 38.0. The molecule has 0 fully saturated rings. The zero-order valence-corrected chi connectivity index (χ0v) is 35.7. The lowest BCUT2D eigenvalue weighted by molar-refractivity contribution is -0.161. The van der Waals surface area contributed by atoms with Crippen molar-refractivity contribution >= 4 is 26.0 Å². The number of amides is 1. The number of ether oxygens (including phenoxy) is 2. The lowest BCUT2D eigenvalue weighted by Gasteiger charge is -2.19. The van der Waals surface area contributed by atoms with Crippen molar-refractivity contribution in [2.45, 2.75) is 219 Å². The SMILES string of the molecule is CCCCCCCCCCCCCCCC(=O)OCC(CO[P+](O)(OC)OCCNC(=O)CCC)OC(=O)CCCCCCCCCCCCCCC. The van der Waals surface area contributed by atoms with Gasteiger partial charge < -0.3 is 14.8 Å². The molecule has 0 aliphatic heterocycles. The van der Waals surface area contributed by atoms with E-state index in [0.29, 0.717) is 12.8 Å². The van der Waals surface area contributed by atoms with E-state index < -0.39 is 20.2 Å². The van der Waals surface area contributed by atoms with Crippen molar-refractivity contribution in [1.82, 2.24) is 5.32 Å². The van der Waals surface area contributed by atoms with Gasteiger partial charge in [0.05, 0.1) is 7.11 Å². The van der Waals surface area contributed by atoms with Gasteiger partial charge in [-0.1, -0.05) is 175 Å². The monoisotopic (exact) mass is 777 g/mol. The fraction of sp³-hybridized carbons (Fsp3) is 0.929. The van der Waals surface area contributed by atoms with Crippen LogP contribution in [0.1, 0.15) is 213 Å². The molecule has 0 aromatic carbocycles. The minimum absolute atomic E-state index is 0.0226. The van der Waals surface area contributed by atoms with E-state index in [4.69, 9.17) is 23.0 Å². The second-order valence-corrected chi connectivity index (χ2v) is 16.5. The van der Waals surface area contributed by atoms with Crippen molar-refractivity contribution in [2.75, 3.05) is 33.5 Å². The summed E-state index contributed by atoms with van der Waals surface area (Å²) < 4.78 is 27.3. The van der Waals surface area contributed by atoms with Gasteiger partial charge in [0.2, 0.25) is 5.91 Å². The molecule has 0 radical (unpaired) electrons. The third-order valence-electron chi connectivity index (χ3n) is 9.51. The van der Waals surface area contributed by atoms with E-state index in [1.165, 1.54) is 136 Å².